The maximum atomic E-state index is 13.4. The van der Waals surface area contributed by atoms with Crippen LogP contribution < -0.4 is 15.2 Å². The van der Waals surface area contributed by atoms with Crippen LogP contribution in [0.1, 0.15) is 32.5 Å². The van der Waals surface area contributed by atoms with Gasteiger partial charge < -0.3 is 19.9 Å². The Kier molecular flexibility index (Phi) is 5.30. The van der Waals surface area contributed by atoms with Crippen molar-refractivity contribution in [3.05, 3.63) is 18.0 Å². The van der Waals surface area contributed by atoms with Crippen LogP contribution in [0.25, 0.3) is 16.6 Å². The number of halogens is 2. The highest BCUT2D eigenvalue weighted by Crippen LogP contribution is 2.45. The van der Waals surface area contributed by atoms with Crippen LogP contribution in [0.3, 0.4) is 0 Å². The smallest absolute Gasteiger partial charge is 0.395 e. The highest BCUT2D eigenvalue weighted by Gasteiger charge is 2.44. The fraction of sp³-hybridized carbons (Fsp3) is 0.450. The third-order valence-corrected chi connectivity index (χ3v) is 4.42. The van der Waals surface area contributed by atoms with Crippen LogP contribution in [0.15, 0.2) is 12.1 Å². The van der Waals surface area contributed by atoms with Crippen molar-refractivity contribution in [3.8, 4) is 23.3 Å². The number of anilines is 1. The molecule has 2 aromatic heterocycles. The first-order valence-electron chi connectivity index (χ1n) is 9.67. The Morgan fingerprint density at radius 3 is 2.93 bits per heavy atom. The lowest BCUT2D eigenvalue weighted by atomic mass is 10.2. The van der Waals surface area contributed by atoms with Gasteiger partial charge >= 0.3 is 6.29 Å². The summed E-state index contributed by atoms with van der Waals surface area (Å²) in [6.07, 6.45) is -1.67. The Bertz CT molecular complexity index is 1150. The van der Waals surface area contributed by atoms with Gasteiger partial charge in [-0.05, 0) is 25.5 Å². The minimum absolute atomic E-state index is 0.0104. The molecule has 30 heavy (non-hydrogen) atoms. The van der Waals surface area contributed by atoms with Crippen molar-refractivity contribution >= 4 is 22.5 Å². The monoisotopic (exact) mass is 417 g/mol. The molecule has 0 amide bonds. The normalized spacial score (nSPS) is 15.3. The standard InChI is InChI=1S/C20H21F2N5O3/c1-3-10-28-11-12(2)6-4-5-7-15-24-18-13-8-9-14-17(30-20(21,22)29-14)16(13)25-19(23)27(18)26-15/h8-9,12H,3,5,7,10-11H2,1-2H3,(H2,23,25)/t12-/m1/s1. The van der Waals surface area contributed by atoms with Crippen molar-refractivity contribution in [2.45, 2.75) is 39.4 Å². The summed E-state index contributed by atoms with van der Waals surface area (Å²) >= 11 is 0. The first-order chi connectivity index (χ1) is 14.4. The van der Waals surface area contributed by atoms with E-state index in [9.17, 15) is 8.78 Å². The molecule has 10 heteroatoms. The lowest BCUT2D eigenvalue weighted by Gasteiger charge is -2.05. The number of nitrogens with two attached hydrogens (primary N) is 1. The summed E-state index contributed by atoms with van der Waals surface area (Å²) in [5.74, 6) is 6.68. The second-order valence-electron chi connectivity index (χ2n) is 6.99. The molecule has 0 saturated carbocycles. The summed E-state index contributed by atoms with van der Waals surface area (Å²) < 4.78 is 42.8. The summed E-state index contributed by atoms with van der Waals surface area (Å²) in [4.78, 5) is 8.66. The van der Waals surface area contributed by atoms with E-state index in [4.69, 9.17) is 10.5 Å². The van der Waals surface area contributed by atoms with Gasteiger partial charge in [-0.3, -0.25) is 0 Å². The number of fused-ring (bicyclic) bond motifs is 5. The number of ether oxygens (including phenoxy) is 3. The van der Waals surface area contributed by atoms with E-state index in [-0.39, 0.29) is 28.9 Å². The van der Waals surface area contributed by atoms with Crippen LogP contribution in [-0.2, 0) is 11.2 Å². The topological polar surface area (TPSA) is 96.8 Å². The van der Waals surface area contributed by atoms with Crippen molar-refractivity contribution < 1.29 is 23.0 Å². The molecule has 0 spiro atoms. The molecule has 3 heterocycles. The lowest BCUT2D eigenvalue weighted by Crippen LogP contribution is -2.26. The minimum atomic E-state index is -3.74. The fourth-order valence-electron chi connectivity index (χ4n) is 3.11. The van der Waals surface area contributed by atoms with E-state index < -0.39 is 6.29 Å². The highest BCUT2D eigenvalue weighted by molar-refractivity contribution is 5.97. The molecule has 3 aromatic rings. The van der Waals surface area contributed by atoms with Crippen molar-refractivity contribution in [1.29, 1.82) is 0 Å². The van der Waals surface area contributed by atoms with Gasteiger partial charge in [0.1, 0.15) is 5.52 Å². The number of aryl methyl sites for hydroxylation is 1. The molecule has 0 fully saturated rings. The zero-order valence-corrected chi connectivity index (χ0v) is 16.6. The van der Waals surface area contributed by atoms with E-state index in [0.717, 1.165) is 13.0 Å². The summed E-state index contributed by atoms with van der Waals surface area (Å²) in [7, 11) is 0. The predicted molar refractivity (Wildman–Crippen MR) is 105 cm³/mol. The number of benzene rings is 1. The van der Waals surface area contributed by atoms with Gasteiger partial charge in [0.2, 0.25) is 5.95 Å². The number of nitrogens with zero attached hydrogens (tertiary/aromatic N) is 4. The molecule has 4 rings (SSSR count). The molecular weight excluding hydrogens is 396 g/mol. The summed E-state index contributed by atoms with van der Waals surface area (Å²) in [6, 6.07) is 2.97. The maximum absolute atomic E-state index is 13.4. The highest BCUT2D eigenvalue weighted by atomic mass is 19.3. The third-order valence-electron chi connectivity index (χ3n) is 4.42. The molecule has 8 nitrogen and oxygen atoms in total. The molecule has 0 saturated heterocycles. The van der Waals surface area contributed by atoms with Gasteiger partial charge in [0.05, 0.1) is 6.61 Å². The number of hydrogen-bond donors (Lipinski definition) is 1. The number of aromatic nitrogens is 4. The molecule has 1 aromatic carbocycles. The van der Waals surface area contributed by atoms with Crippen molar-refractivity contribution in [2.75, 3.05) is 18.9 Å². The van der Waals surface area contributed by atoms with Crippen LogP contribution >= 0.6 is 0 Å². The Labute approximate surface area is 171 Å². The molecule has 1 aliphatic heterocycles. The van der Waals surface area contributed by atoms with Gasteiger partial charge in [0.25, 0.3) is 0 Å². The van der Waals surface area contributed by atoms with Crippen molar-refractivity contribution in [1.82, 2.24) is 19.6 Å². The lowest BCUT2D eigenvalue weighted by molar-refractivity contribution is -0.286. The van der Waals surface area contributed by atoms with Gasteiger partial charge in [-0.15, -0.1) is 19.8 Å². The molecule has 0 unspecified atom stereocenters. The Morgan fingerprint density at radius 1 is 1.30 bits per heavy atom. The first kappa shape index (κ1) is 20.1. The number of alkyl halides is 2. The van der Waals surface area contributed by atoms with Crippen molar-refractivity contribution in [3.63, 3.8) is 0 Å². The predicted octanol–water partition coefficient (Wildman–Crippen LogP) is 3.18. The summed E-state index contributed by atoms with van der Waals surface area (Å²) in [6.45, 7) is 5.42. The summed E-state index contributed by atoms with van der Waals surface area (Å²) in [5.41, 5.74) is 6.53. The molecule has 0 bridgehead atoms. The average Bonchev–Trinajstić information content (AvgIpc) is 3.26. The molecule has 1 aliphatic rings. The average molecular weight is 417 g/mol. The van der Waals surface area contributed by atoms with E-state index in [1.807, 2.05) is 6.92 Å². The Hall–Kier alpha value is -3.19. The number of rotatable bonds is 6. The number of nitrogen functional groups attached to an aromatic ring is 1. The Morgan fingerprint density at radius 2 is 2.13 bits per heavy atom. The first-order valence-corrected chi connectivity index (χ1v) is 9.67. The largest absolute Gasteiger partial charge is 0.586 e. The fourth-order valence-corrected chi connectivity index (χ4v) is 3.11. The SMILES string of the molecule is CCCOC[C@H](C)C#CCCc1nc2c3ccc4c(c3nc(N)n2n1)OC(F)(F)O4. The molecule has 0 aliphatic carbocycles. The van der Waals surface area contributed by atoms with E-state index in [1.165, 1.54) is 10.6 Å². The van der Waals surface area contributed by atoms with Gasteiger partial charge in [-0.25, -0.2) is 9.97 Å². The molecule has 1 atom stereocenters. The third kappa shape index (κ3) is 3.93. The molecule has 2 N–H and O–H groups in total. The zero-order chi connectivity index (χ0) is 21.3. The molecular formula is C20H21F2N5O3. The van der Waals surface area contributed by atoms with E-state index in [2.05, 4.69) is 43.3 Å². The zero-order valence-electron chi connectivity index (χ0n) is 16.6. The van der Waals surface area contributed by atoms with Crippen LogP contribution in [-0.4, -0.2) is 39.1 Å². The summed E-state index contributed by atoms with van der Waals surface area (Å²) in [5, 5.41) is 4.85. The second-order valence-corrected chi connectivity index (χ2v) is 6.99. The van der Waals surface area contributed by atoms with Crippen LogP contribution in [0.4, 0.5) is 14.7 Å². The van der Waals surface area contributed by atoms with E-state index in [0.29, 0.717) is 36.3 Å². The van der Waals surface area contributed by atoms with Gasteiger partial charge in [0, 0.05) is 30.8 Å². The van der Waals surface area contributed by atoms with E-state index >= 15 is 0 Å². The molecule has 0 radical (unpaired) electrons. The minimum Gasteiger partial charge on any atom is -0.395 e. The molecule has 158 valence electrons. The number of hydrogen-bond acceptors (Lipinski definition) is 7. The van der Waals surface area contributed by atoms with Crippen LogP contribution in [0.5, 0.6) is 11.5 Å². The quantitative estimate of drug-likeness (QED) is 0.486. The maximum Gasteiger partial charge on any atom is 0.586 e. The van der Waals surface area contributed by atoms with Gasteiger partial charge in [-0.2, -0.15) is 4.52 Å². The van der Waals surface area contributed by atoms with Crippen molar-refractivity contribution in [2.24, 2.45) is 5.92 Å². The Balaban J connectivity index is 1.55. The van der Waals surface area contributed by atoms with E-state index in [1.54, 1.807) is 6.07 Å². The van der Waals surface area contributed by atoms with Crippen LogP contribution in [0, 0.1) is 17.8 Å². The van der Waals surface area contributed by atoms with Gasteiger partial charge in [-0.1, -0.05) is 12.8 Å². The second kappa shape index (κ2) is 7.91. The van der Waals surface area contributed by atoms with Crippen LogP contribution in [0.2, 0.25) is 0 Å². The van der Waals surface area contributed by atoms with Gasteiger partial charge in [0.15, 0.2) is 23.0 Å².